The van der Waals surface area contributed by atoms with Crippen LogP contribution in [-0.4, -0.2) is 0 Å². The highest BCUT2D eigenvalue weighted by Gasteiger charge is 2.20. The molecular formula is C15H12BrClN2O. The van der Waals surface area contributed by atoms with Gasteiger partial charge in [-0.05, 0) is 39.7 Å². The van der Waals surface area contributed by atoms with Crippen LogP contribution in [0.15, 0.2) is 57.4 Å². The van der Waals surface area contributed by atoms with Crippen molar-refractivity contribution < 1.29 is 4.42 Å². The van der Waals surface area contributed by atoms with Crippen molar-refractivity contribution >= 4 is 38.5 Å². The van der Waals surface area contributed by atoms with E-state index in [4.69, 9.17) is 21.9 Å². The molecule has 3 rings (SSSR count). The molecule has 0 spiro atoms. The number of benzene rings is 2. The summed E-state index contributed by atoms with van der Waals surface area (Å²) in [6.45, 7) is 0. The third kappa shape index (κ3) is 2.36. The molecule has 0 saturated heterocycles. The molecule has 0 fully saturated rings. The molecule has 3 nitrogen and oxygen atoms in total. The Balaban J connectivity index is 2.12. The number of furan rings is 1. The van der Waals surface area contributed by atoms with Crippen LogP contribution in [0.5, 0.6) is 0 Å². The fraction of sp³-hybridized carbons (Fsp3) is 0.0667. The van der Waals surface area contributed by atoms with E-state index < -0.39 is 0 Å². The first-order chi connectivity index (χ1) is 9.70. The SMILES string of the molecule is NNC(c1cc2cccc(Br)c2o1)c1ccccc1Cl. The van der Waals surface area contributed by atoms with Crippen molar-refractivity contribution in [3.8, 4) is 0 Å². The number of halogens is 2. The molecule has 5 heteroatoms. The van der Waals surface area contributed by atoms with Gasteiger partial charge in [-0.3, -0.25) is 5.84 Å². The molecule has 2 aromatic carbocycles. The van der Waals surface area contributed by atoms with Gasteiger partial charge in [-0.1, -0.05) is 41.9 Å². The number of rotatable bonds is 3. The molecule has 0 amide bonds. The van der Waals surface area contributed by atoms with E-state index in [2.05, 4.69) is 21.4 Å². The van der Waals surface area contributed by atoms with Crippen LogP contribution in [0.1, 0.15) is 17.4 Å². The van der Waals surface area contributed by atoms with Gasteiger partial charge in [-0.2, -0.15) is 0 Å². The van der Waals surface area contributed by atoms with Crippen molar-refractivity contribution in [2.45, 2.75) is 6.04 Å². The van der Waals surface area contributed by atoms with Gasteiger partial charge < -0.3 is 4.42 Å². The van der Waals surface area contributed by atoms with E-state index in [1.807, 2.05) is 48.5 Å². The molecule has 1 heterocycles. The Hall–Kier alpha value is -1.33. The summed E-state index contributed by atoms with van der Waals surface area (Å²) in [5, 5.41) is 1.66. The summed E-state index contributed by atoms with van der Waals surface area (Å²) in [5.74, 6) is 6.41. The second-order valence-electron chi connectivity index (χ2n) is 4.43. The number of hydrogen-bond acceptors (Lipinski definition) is 3. The summed E-state index contributed by atoms with van der Waals surface area (Å²) in [7, 11) is 0. The molecule has 102 valence electrons. The van der Waals surface area contributed by atoms with Gasteiger partial charge in [0.25, 0.3) is 0 Å². The fourth-order valence-electron chi connectivity index (χ4n) is 2.22. The first-order valence-corrected chi connectivity index (χ1v) is 7.26. The maximum Gasteiger partial charge on any atom is 0.148 e. The molecule has 0 aliphatic heterocycles. The van der Waals surface area contributed by atoms with E-state index in [-0.39, 0.29) is 6.04 Å². The molecule has 1 unspecified atom stereocenters. The molecule has 3 aromatic rings. The van der Waals surface area contributed by atoms with Crippen molar-refractivity contribution in [3.63, 3.8) is 0 Å². The minimum absolute atomic E-state index is 0.289. The zero-order valence-electron chi connectivity index (χ0n) is 10.4. The highest BCUT2D eigenvalue weighted by atomic mass is 79.9. The van der Waals surface area contributed by atoms with Crippen molar-refractivity contribution in [3.05, 3.63) is 69.3 Å². The lowest BCUT2D eigenvalue weighted by molar-refractivity contribution is 0.476. The van der Waals surface area contributed by atoms with E-state index in [0.717, 1.165) is 26.8 Å². The molecule has 0 bridgehead atoms. The average molecular weight is 352 g/mol. The van der Waals surface area contributed by atoms with Gasteiger partial charge in [-0.25, -0.2) is 5.43 Å². The number of para-hydroxylation sites is 1. The second-order valence-corrected chi connectivity index (χ2v) is 5.69. The number of nitrogens with two attached hydrogens (primary N) is 1. The van der Waals surface area contributed by atoms with Gasteiger partial charge in [0.05, 0.1) is 4.47 Å². The van der Waals surface area contributed by atoms with Crippen molar-refractivity contribution in [1.29, 1.82) is 0 Å². The Morgan fingerprint density at radius 2 is 1.95 bits per heavy atom. The van der Waals surface area contributed by atoms with Crippen molar-refractivity contribution in [2.24, 2.45) is 5.84 Å². The van der Waals surface area contributed by atoms with E-state index >= 15 is 0 Å². The number of hydrazine groups is 1. The first-order valence-electron chi connectivity index (χ1n) is 6.09. The largest absolute Gasteiger partial charge is 0.458 e. The third-order valence-corrected chi connectivity index (χ3v) is 4.15. The van der Waals surface area contributed by atoms with Crippen LogP contribution in [0.25, 0.3) is 11.0 Å². The van der Waals surface area contributed by atoms with Crippen LogP contribution in [-0.2, 0) is 0 Å². The van der Waals surface area contributed by atoms with Gasteiger partial charge in [0.15, 0.2) is 0 Å². The maximum atomic E-state index is 6.23. The molecule has 1 atom stereocenters. The summed E-state index contributed by atoms with van der Waals surface area (Å²) in [5.41, 5.74) is 4.44. The molecule has 0 saturated carbocycles. The number of nitrogens with one attached hydrogen (secondary N) is 1. The maximum absolute atomic E-state index is 6.23. The normalized spacial score (nSPS) is 12.8. The lowest BCUT2D eigenvalue weighted by Gasteiger charge is -2.15. The predicted molar refractivity (Wildman–Crippen MR) is 84.5 cm³/mol. The van der Waals surface area contributed by atoms with Gasteiger partial charge >= 0.3 is 0 Å². The van der Waals surface area contributed by atoms with E-state index in [1.165, 1.54) is 0 Å². The Labute approximate surface area is 129 Å². The molecular weight excluding hydrogens is 340 g/mol. The Morgan fingerprint density at radius 1 is 1.15 bits per heavy atom. The van der Waals surface area contributed by atoms with Crippen LogP contribution in [0.3, 0.4) is 0 Å². The molecule has 0 radical (unpaired) electrons. The summed E-state index contributed by atoms with van der Waals surface area (Å²) in [6.07, 6.45) is 0. The van der Waals surface area contributed by atoms with Crippen LogP contribution in [0.4, 0.5) is 0 Å². The summed E-state index contributed by atoms with van der Waals surface area (Å²) in [4.78, 5) is 0. The minimum Gasteiger partial charge on any atom is -0.458 e. The molecule has 20 heavy (non-hydrogen) atoms. The minimum atomic E-state index is -0.289. The van der Waals surface area contributed by atoms with Gasteiger partial charge in [0.1, 0.15) is 17.4 Å². The summed E-state index contributed by atoms with van der Waals surface area (Å²) < 4.78 is 6.83. The Bertz CT molecular complexity index is 756. The molecule has 3 N–H and O–H groups in total. The summed E-state index contributed by atoms with van der Waals surface area (Å²) in [6, 6.07) is 15.1. The summed E-state index contributed by atoms with van der Waals surface area (Å²) >= 11 is 9.71. The van der Waals surface area contributed by atoms with Crippen molar-refractivity contribution in [2.75, 3.05) is 0 Å². The second kappa shape index (κ2) is 5.58. The van der Waals surface area contributed by atoms with Gasteiger partial charge in [0.2, 0.25) is 0 Å². The lowest BCUT2D eigenvalue weighted by atomic mass is 10.0. The van der Waals surface area contributed by atoms with Crippen LogP contribution in [0.2, 0.25) is 5.02 Å². The van der Waals surface area contributed by atoms with E-state index in [0.29, 0.717) is 5.02 Å². The van der Waals surface area contributed by atoms with Crippen molar-refractivity contribution in [1.82, 2.24) is 5.43 Å². The third-order valence-electron chi connectivity index (χ3n) is 3.18. The smallest absolute Gasteiger partial charge is 0.148 e. The zero-order valence-corrected chi connectivity index (χ0v) is 12.8. The zero-order chi connectivity index (χ0) is 14.1. The fourth-order valence-corrected chi connectivity index (χ4v) is 2.93. The monoisotopic (exact) mass is 350 g/mol. The average Bonchev–Trinajstić information content (AvgIpc) is 2.87. The Morgan fingerprint density at radius 3 is 2.65 bits per heavy atom. The Kier molecular flexibility index (Phi) is 3.81. The molecule has 0 aliphatic carbocycles. The molecule has 1 aromatic heterocycles. The number of fused-ring (bicyclic) bond motifs is 1. The van der Waals surface area contributed by atoms with Crippen LogP contribution < -0.4 is 11.3 Å². The van der Waals surface area contributed by atoms with Crippen LogP contribution >= 0.6 is 27.5 Å². The van der Waals surface area contributed by atoms with Gasteiger partial charge in [-0.15, -0.1) is 0 Å². The quantitative estimate of drug-likeness (QED) is 0.543. The topological polar surface area (TPSA) is 51.2 Å². The molecule has 0 aliphatic rings. The standard InChI is InChI=1S/C15H12BrClN2O/c16-11-6-3-4-9-8-13(20-15(9)11)14(19-18)10-5-1-2-7-12(10)17/h1-8,14,19H,18H2. The highest BCUT2D eigenvalue weighted by molar-refractivity contribution is 9.10. The van der Waals surface area contributed by atoms with Gasteiger partial charge in [0, 0.05) is 10.4 Å². The highest BCUT2D eigenvalue weighted by Crippen LogP contribution is 2.33. The van der Waals surface area contributed by atoms with E-state index in [9.17, 15) is 0 Å². The van der Waals surface area contributed by atoms with E-state index in [1.54, 1.807) is 0 Å². The first kappa shape index (κ1) is 13.6. The van der Waals surface area contributed by atoms with Crippen LogP contribution in [0, 0.1) is 0 Å². The predicted octanol–water partition coefficient (Wildman–Crippen LogP) is 4.40. The number of hydrogen-bond donors (Lipinski definition) is 2. The lowest BCUT2D eigenvalue weighted by Crippen LogP contribution is -2.28.